The van der Waals surface area contributed by atoms with Crippen molar-refractivity contribution in [2.45, 2.75) is 6.92 Å². The molecule has 2 rings (SSSR count). The van der Waals surface area contributed by atoms with Gasteiger partial charge in [-0.1, -0.05) is 0 Å². The molecule has 0 aliphatic carbocycles. The van der Waals surface area contributed by atoms with E-state index in [-0.39, 0.29) is 5.97 Å². The van der Waals surface area contributed by atoms with Gasteiger partial charge in [0, 0.05) is 13.0 Å². The van der Waals surface area contributed by atoms with Crippen LogP contribution in [0.1, 0.15) is 12.5 Å². The Morgan fingerprint density at radius 3 is 2.94 bits per heavy atom. The highest BCUT2D eigenvalue weighted by atomic mass is 16.5. The molecule has 0 fully saturated rings. The molecule has 4 heteroatoms. The van der Waals surface area contributed by atoms with Gasteiger partial charge in [0.25, 0.3) is 0 Å². The van der Waals surface area contributed by atoms with Crippen molar-refractivity contribution in [3.05, 3.63) is 29.8 Å². The van der Waals surface area contributed by atoms with Crippen molar-refractivity contribution in [3.63, 3.8) is 0 Å². The molecule has 0 radical (unpaired) electrons. The summed E-state index contributed by atoms with van der Waals surface area (Å²) in [6, 6.07) is 5.37. The molecule has 0 amide bonds. The first kappa shape index (κ1) is 10.5. The first-order valence-corrected chi connectivity index (χ1v) is 4.90. The average molecular weight is 220 g/mol. The Bertz CT molecular complexity index is 448. The minimum atomic E-state index is -0.338. The molecule has 1 aliphatic heterocycles. The number of carbonyl (C=O) groups excluding carboxylic acids is 1. The molecule has 0 saturated heterocycles. The average Bonchev–Trinajstić information content (AvgIpc) is 2.28. The zero-order chi connectivity index (χ0) is 11.5. The summed E-state index contributed by atoms with van der Waals surface area (Å²) in [5.41, 5.74) is 0.766. The lowest BCUT2D eigenvalue weighted by molar-refractivity contribution is -0.134. The summed E-state index contributed by atoms with van der Waals surface area (Å²) in [7, 11) is 1.59. The number of rotatable bonds is 2. The van der Waals surface area contributed by atoms with Gasteiger partial charge in [-0.25, -0.2) is 0 Å². The van der Waals surface area contributed by atoms with Crippen LogP contribution in [0.25, 0.3) is 5.76 Å². The van der Waals surface area contributed by atoms with E-state index < -0.39 is 0 Å². The predicted molar refractivity (Wildman–Crippen MR) is 58.2 cm³/mol. The molecule has 1 aromatic rings. The Hall–Kier alpha value is -1.97. The monoisotopic (exact) mass is 220 g/mol. The van der Waals surface area contributed by atoms with E-state index in [2.05, 4.69) is 0 Å². The zero-order valence-corrected chi connectivity index (χ0v) is 9.15. The van der Waals surface area contributed by atoms with Crippen LogP contribution in [0.15, 0.2) is 24.3 Å². The van der Waals surface area contributed by atoms with Gasteiger partial charge in [-0.15, -0.1) is 0 Å². The summed E-state index contributed by atoms with van der Waals surface area (Å²) in [5, 5.41) is 0. The molecule has 1 aromatic carbocycles. The SMILES string of the molecule is COc1ccc2c(c1)OCC=C2OC(C)=O. The number of hydrogen-bond donors (Lipinski definition) is 0. The lowest BCUT2D eigenvalue weighted by Gasteiger charge is -2.18. The maximum atomic E-state index is 10.9. The van der Waals surface area contributed by atoms with Gasteiger partial charge in [-0.2, -0.15) is 0 Å². The molecule has 84 valence electrons. The molecule has 16 heavy (non-hydrogen) atoms. The Labute approximate surface area is 93.4 Å². The van der Waals surface area contributed by atoms with E-state index in [1.54, 1.807) is 25.3 Å². The molecule has 0 atom stereocenters. The Balaban J connectivity index is 2.35. The van der Waals surface area contributed by atoms with Crippen LogP contribution >= 0.6 is 0 Å². The highest BCUT2D eigenvalue weighted by Gasteiger charge is 2.17. The fourth-order valence-electron chi connectivity index (χ4n) is 1.52. The van der Waals surface area contributed by atoms with Gasteiger partial charge in [-0.05, 0) is 18.2 Å². The van der Waals surface area contributed by atoms with Crippen LogP contribution in [0.2, 0.25) is 0 Å². The first-order chi connectivity index (χ1) is 7.70. The number of benzene rings is 1. The Morgan fingerprint density at radius 1 is 1.44 bits per heavy atom. The highest BCUT2D eigenvalue weighted by Crippen LogP contribution is 2.33. The largest absolute Gasteiger partial charge is 0.497 e. The van der Waals surface area contributed by atoms with E-state index in [1.165, 1.54) is 6.92 Å². The summed E-state index contributed by atoms with van der Waals surface area (Å²) in [6.07, 6.45) is 1.73. The number of hydrogen-bond acceptors (Lipinski definition) is 4. The van der Waals surface area contributed by atoms with Crippen molar-refractivity contribution < 1.29 is 19.0 Å². The molecule has 0 N–H and O–H groups in total. The molecule has 0 spiro atoms. The summed E-state index contributed by atoms with van der Waals surface area (Å²) < 4.78 is 15.6. The van der Waals surface area contributed by atoms with E-state index in [4.69, 9.17) is 14.2 Å². The fourth-order valence-corrected chi connectivity index (χ4v) is 1.52. The zero-order valence-electron chi connectivity index (χ0n) is 9.15. The van der Waals surface area contributed by atoms with Crippen LogP contribution in [0.3, 0.4) is 0 Å². The lowest BCUT2D eigenvalue weighted by atomic mass is 10.1. The van der Waals surface area contributed by atoms with Crippen LogP contribution in [-0.4, -0.2) is 19.7 Å². The van der Waals surface area contributed by atoms with E-state index in [0.29, 0.717) is 23.9 Å². The summed E-state index contributed by atoms with van der Waals surface area (Å²) >= 11 is 0. The normalized spacial score (nSPS) is 13.2. The fraction of sp³-hybridized carbons (Fsp3) is 0.250. The minimum Gasteiger partial charge on any atom is -0.497 e. The van der Waals surface area contributed by atoms with E-state index in [9.17, 15) is 4.79 Å². The maximum Gasteiger partial charge on any atom is 0.308 e. The smallest absolute Gasteiger partial charge is 0.308 e. The number of fused-ring (bicyclic) bond motifs is 1. The minimum absolute atomic E-state index is 0.338. The van der Waals surface area contributed by atoms with Crippen LogP contribution in [0, 0.1) is 0 Å². The van der Waals surface area contributed by atoms with E-state index in [0.717, 1.165) is 5.56 Å². The quantitative estimate of drug-likeness (QED) is 0.715. The third-order valence-corrected chi connectivity index (χ3v) is 2.22. The molecule has 0 unspecified atom stereocenters. The molecule has 4 nitrogen and oxygen atoms in total. The van der Waals surface area contributed by atoms with Crippen LogP contribution in [0.5, 0.6) is 11.5 Å². The van der Waals surface area contributed by atoms with Crippen LogP contribution < -0.4 is 9.47 Å². The first-order valence-electron chi connectivity index (χ1n) is 4.90. The van der Waals surface area contributed by atoms with Gasteiger partial charge in [-0.3, -0.25) is 4.79 Å². The lowest BCUT2D eigenvalue weighted by Crippen LogP contribution is -2.08. The van der Waals surface area contributed by atoms with Crippen molar-refractivity contribution in [2.75, 3.05) is 13.7 Å². The molecule has 1 aliphatic rings. The molecule has 0 aromatic heterocycles. The molecule has 0 saturated carbocycles. The van der Waals surface area contributed by atoms with Crippen molar-refractivity contribution in [2.24, 2.45) is 0 Å². The highest BCUT2D eigenvalue weighted by molar-refractivity contribution is 5.79. The second kappa shape index (κ2) is 4.26. The van der Waals surface area contributed by atoms with Gasteiger partial charge in [0.2, 0.25) is 0 Å². The number of carbonyl (C=O) groups is 1. The van der Waals surface area contributed by atoms with Gasteiger partial charge in [0.1, 0.15) is 23.9 Å². The standard InChI is InChI=1S/C12H12O4/c1-8(13)16-11-5-6-15-12-7-9(14-2)3-4-10(11)12/h3-5,7H,6H2,1-2H3. The van der Waals surface area contributed by atoms with Gasteiger partial charge in [0.05, 0.1) is 12.7 Å². The van der Waals surface area contributed by atoms with Gasteiger partial charge in [0.15, 0.2) is 0 Å². The molecule has 0 bridgehead atoms. The molecular weight excluding hydrogens is 208 g/mol. The number of methoxy groups -OCH3 is 1. The summed E-state index contributed by atoms with van der Waals surface area (Å²) in [6.45, 7) is 1.77. The number of esters is 1. The maximum absolute atomic E-state index is 10.9. The second-order valence-electron chi connectivity index (χ2n) is 3.34. The second-order valence-corrected chi connectivity index (χ2v) is 3.34. The van der Waals surface area contributed by atoms with Crippen molar-refractivity contribution in [1.29, 1.82) is 0 Å². The Kier molecular flexibility index (Phi) is 2.81. The Morgan fingerprint density at radius 2 is 2.25 bits per heavy atom. The van der Waals surface area contributed by atoms with Crippen molar-refractivity contribution in [1.82, 2.24) is 0 Å². The van der Waals surface area contributed by atoms with E-state index in [1.807, 2.05) is 6.07 Å². The van der Waals surface area contributed by atoms with E-state index >= 15 is 0 Å². The van der Waals surface area contributed by atoms with Gasteiger partial charge >= 0.3 is 5.97 Å². The van der Waals surface area contributed by atoms with Crippen molar-refractivity contribution in [3.8, 4) is 11.5 Å². The predicted octanol–water partition coefficient (Wildman–Crippen LogP) is 1.99. The van der Waals surface area contributed by atoms with Gasteiger partial charge < -0.3 is 14.2 Å². The molecular formula is C12H12O4. The van der Waals surface area contributed by atoms with Crippen LogP contribution in [-0.2, 0) is 9.53 Å². The summed E-state index contributed by atoms with van der Waals surface area (Å²) in [5.74, 6) is 1.58. The summed E-state index contributed by atoms with van der Waals surface area (Å²) in [4.78, 5) is 10.9. The van der Waals surface area contributed by atoms with Crippen LogP contribution in [0.4, 0.5) is 0 Å². The third-order valence-electron chi connectivity index (χ3n) is 2.22. The molecule has 1 heterocycles. The van der Waals surface area contributed by atoms with Crippen molar-refractivity contribution >= 4 is 11.7 Å². The number of ether oxygens (including phenoxy) is 3. The third kappa shape index (κ3) is 2.00. The topological polar surface area (TPSA) is 44.8 Å².